The van der Waals surface area contributed by atoms with Crippen molar-refractivity contribution in [3.8, 4) is 0 Å². The molecule has 0 heterocycles. The Bertz CT molecular complexity index is 397. The first kappa shape index (κ1) is 15.4. The van der Waals surface area contributed by atoms with E-state index >= 15 is 0 Å². The van der Waals surface area contributed by atoms with Crippen LogP contribution in [0.25, 0.3) is 0 Å². The van der Waals surface area contributed by atoms with Crippen molar-refractivity contribution in [2.45, 2.75) is 19.1 Å². The van der Waals surface area contributed by atoms with Gasteiger partial charge in [0.2, 0.25) is 0 Å². The number of nitrogens with one attached hydrogen (secondary N) is 2. The predicted molar refractivity (Wildman–Crippen MR) is 69.2 cm³/mol. The van der Waals surface area contributed by atoms with Gasteiger partial charge in [0.15, 0.2) is 0 Å². The zero-order valence-corrected chi connectivity index (χ0v) is 11.0. The van der Waals surface area contributed by atoms with E-state index < -0.39 is 12.2 Å². The molecule has 0 radical (unpaired) electrons. The quantitative estimate of drug-likeness (QED) is 0.726. The Hall–Kier alpha value is -1.66. The van der Waals surface area contributed by atoms with E-state index in [1.807, 2.05) is 6.92 Å². The molecule has 5 nitrogen and oxygen atoms in total. The molecule has 0 fully saturated rings. The van der Waals surface area contributed by atoms with Crippen LogP contribution in [-0.4, -0.2) is 37.4 Å². The molecule has 0 aliphatic rings. The normalized spacial score (nSPS) is 13.7. The van der Waals surface area contributed by atoms with Crippen LogP contribution in [-0.2, 0) is 4.74 Å². The molecule has 19 heavy (non-hydrogen) atoms. The molecule has 0 aliphatic heterocycles. The molecule has 0 aliphatic carbocycles. The number of benzene rings is 1. The summed E-state index contributed by atoms with van der Waals surface area (Å²) in [6, 6.07) is 5.67. The van der Waals surface area contributed by atoms with Gasteiger partial charge >= 0.3 is 6.09 Å². The Kier molecular flexibility index (Phi) is 6.24. The van der Waals surface area contributed by atoms with Gasteiger partial charge in [-0.05, 0) is 24.6 Å². The van der Waals surface area contributed by atoms with Crippen molar-refractivity contribution in [1.29, 1.82) is 0 Å². The molecule has 106 valence electrons. The lowest BCUT2D eigenvalue weighted by molar-refractivity contribution is 0.164. The first-order valence-corrected chi connectivity index (χ1v) is 6.01. The molecule has 1 aromatic rings. The number of hydrogen-bond donors (Lipinski definition) is 3. The van der Waals surface area contributed by atoms with Gasteiger partial charge in [-0.25, -0.2) is 9.18 Å². The number of rotatable bonds is 6. The molecule has 0 saturated carbocycles. The number of hydrogen-bond acceptors (Lipinski definition) is 4. The van der Waals surface area contributed by atoms with Crippen LogP contribution in [0, 0.1) is 5.82 Å². The number of carbonyl (C=O) groups is 1. The number of amides is 1. The molecule has 0 bridgehead atoms. The number of carbonyl (C=O) groups excluding carboxylic acids is 1. The summed E-state index contributed by atoms with van der Waals surface area (Å²) >= 11 is 0. The van der Waals surface area contributed by atoms with E-state index in [-0.39, 0.29) is 11.9 Å². The topological polar surface area (TPSA) is 70.6 Å². The van der Waals surface area contributed by atoms with Crippen molar-refractivity contribution < 1.29 is 19.0 Å². The number of aliphatic hydroxyl groups excluding tert-OH is 1. The highest BCUT2D eigenvalue weighted by Crippen LogP contribution is 2.12. The summed E-state index contributed by atoms with van der Waals surface area (Å²) in [5.41, 5.74) is 0.641. The van der Waals surface area contributed by atoms with Crippen molar-refractivity contribution in [3.05, 3.63) is 35.6 Å². The van der Waals surface area contributed by atoms with Crippen LogP contribution in [0.1, 0.15) is 18.6 Å². The van der Waals surface area contributed by atoms with Crippen LogP contribution >= 0.6 is 0 Å². The third kappa shape index (κ3) is 5.67. The highest BCUT2D eigenvalue weighted by molar-refractivity contribution is 5.66. The fourth-order valence-corrected chi connectivity index (χ4v) is 1.50. The van der Waals surface area contributed by atoms with Crippen molar-refractivity contribution >= 4 is 6.09 Å². The molecule has 2 atom stereocenters. The number of ether oxygens (including phenoxy) is 1. The van der Waals surface area contributed by atoms with Crippen LogP contribution in [0.4, 0.5) is 9.18 Å². The lowest BCUT2D eigenvalue weighted by atomic mass is 10.1. The fourth-order valence-electron chi connectivity index (χ4n) is 1.50. The van der Waals surface area contributed by atoms with E-state index in [4.69, 9.17) is 0 Å². The van der Waals surface area contributed by atoms with Gasteiger partial charge in [-0.15, -0.1) is 0 Å². The third-order valence-electron chi connectivity index (χ3n) is 2.65. The Labute approximate surface area is 111 Å². The van der Waals surface area contributed by atoms with Crippen molar-refractivity contribution in [1.82, 2.24) is 10.6 Å². The Morgan fingerprint density at radius 2 is 2.00 bits per heavy atom. The minimum Gasteiger partial charge on any atom is -0.453 e. The monoisotopic (exact) mass is 270 g/mol. The molecule has 6 heteroatoms. The molecule has 1 rings (SSSR count). The second kappa shape index (κ2) is 7.70. The van der Waals surface area contributed by atoms with Gasteiger partial charge in [0.05, 0.1) is 13.2 Å². The summed E-state index contributed by atoms with van der Waals surface area (Å²) in [5.74, 6) is -0.334. The van der Waals surface area contributed by atoms with Crippen LogP contribution in [0.3, 0.4) is 0 Å². The van der Waals surface area contributed by atoms with Crippen LogP contribution in [0.5, 0.6) is 0 Å². The molecular formula is C13H19FN2O3. The number of halogens is 1. The molecule has 3 N–H and O–H groups in total. The number of aliphatic hydroxyl groups is 1. The van der Waals surface area contributed by atoms with E-state index in [0.717, 1.165) is 0 Å². The maximum absolute atomic E-state index is 12.7. The molecular weight excluding hydrogens is 251 g/mol. The second-order valence-corrected chi connectivity index (χ2v) is 4.25. The minimum atomic E-state index is -0.721. The Morgan fingerprint density at radius 3 is 2.58 bits per heavy atom. The average Bonchev–Trinajstić information content (AvgIpc) is 2.42. The zero-order valence-electron chi connectivity index (χ0n) is 11.0. The summed E-state index contributed by atoms with van der Waals surface area (Å²) in [4.78, 5) is 10.9. The van der Waals surface area contributed by atoms with Gasteiger partial charge in [-0.2, -0.15) is 0 Å². The van der Waals surface area contributed by atoms with Crippen LogP contribution in [0.15, 0.2) is 24.3 Å². The summed E-state index contributed by atoms with van der Waals surface area (Å²) in [5, 5.41) is 15.5. The standard InChI is InChI=1S/C13H19FN2O3/c1-9(7-16-13(18)19-2)15-8-12(17)10-3-5-11(14)6-4-10/h3-6,9,12,15,17H,7-8H2,1-2H3,(H,16,18). The van der Waals surface area contributed by atoms with E-state index in [1.165, 1.54) is 19.2 Å². The molecule has 0 saturated heterocycles. The van der Waals surface area contributed by atoms with Gasteiger partial charge in [0, 0.05) is 19.1 Å². The first-order valence-electron chi connectivity index (χ1n) is 6.01. The van der Waals surface area contributed by atoms with Gasteiger partial charge in [-0.1, -0.05) is 12.1 Å². The molecule has 1 aromatic carbocycles. The first-order chi connectivity index (χ1) is 9.02. The highest BCUT2D eigenvalue weighted by atomic mass is 19.1. The smallest absolute Gasteiger partial charge is 0.406 e. The summed E-state index contributed by atoms with van der Waals surface area (Å²) in [6.45, 7) is 2.58. The van der Waals surface area contributed by atoms with Gasteiger partial charge in [0.25, 0.3) is 0 Å². The van der Waals surface area contributed by atoms with Crippen LogP contribution < -0.4 is 10.6 Å². The van der Waals surface area contributed by atoms with Crippen LogP contribution in [0.2, 0.25) is 0 Å². The predicted octanol–water partition coefficient (Wildman–Crippen LogP) is 1.19. The lowest BCUT2D eigenvalue weighted by Gasteiger charge is -2.17. The maximum atomic E-state index is 12.7. The fraction of sp³-hybridized carbons (Fsp3) is 0.462. The van der Waals surface area contributed by atoms with Crippen molar-refractivity contribution in [2.75, 3.05) is 20.2 Å². The molecule has 0 spiro atoms. The lowest BCUT2D eigenvalue weighted by Crippen LogP contribution is -2.40. The summed E-state index contributed by atoms with van der Waals surface area (Å²) in [7, 11) is 1.30. The van der Waals surface area contributed by atoms with Gasteiger partial charge < -0.3 is 20.5 Å². The van der Waals surface area contributed by atoms with E-state index in [2.05, 4.69) is 15.4 Å². The minimum absolute atomic E-state index is 0.0193. The maximum Gasteiger partial charge on any atom is 0.406 e. The van der Waals surface area contributed by atoms with Crippen molar-refractivity contribution in [3.63, 3.8) is 0 Å². The van der Waals surface area contributed by atoms with Crippen molar-refractivity contribution in [2.24, 2.45) is 0 Å². The largest absolute Gasteiger partial charge is 0.453 e. The third-order valence-corrected chi connectivity index (χ3v) is 2.65. The van der Waals surface area contributed by atoms with E-state index in [1.54, 1.807) is 12.1 Å². The molecule has 1 amide bonds. The SMILES string of the molecule is COC(=O)NCC(C)NCC(O)c1ccc(F)cc1. The summed E-state index contributed by atoms with van der Waals surface area (Å²) < 4.78 is 17.2. The summed E-state index contributed by atoms with van der Waals surface area (Å²) in [6.07, 6.45) is -1.21. The highest BCUT2D eigenvalue weighted by Gasteiger charge is 2.10. The number of alkyl carbamates (subject to hydrolysis) is 1. The Morgan fingerprint density at radius 1 is 1.37 bits per heavy atom. The van der Waals surface area contributed by atoms with Gasteiger partial charge in [0.1, 0.15) is 5.82 Å². The van der Waals surface area contributed by atoms with Gasteiger partial charge in [-0.3, -0.25) is 0 Å². The zero-order chi connectivity index (χ0) is 14.3. The second-order valence-electron chi connectivity index (χ2n) is 4.25. The van der Waals surface area contributed by atoms with E-state index in [0.29, 0.717) is 18.7 Å². The van der Waals surface area contributed by atoms with E-state index in [9.17, 15) is 14.3 Å². The number of methoxy groups -OCH3 is 1. The molecule has 2 unspecified atom stereocenters. The average molecular weight is 270 g/mol. The Balaban J connectivity index is 2.31. The molecule has 0 aromatic heterocycles.